The predicted octanol–water partition coefficient (Wildman–Crippen LogP) is 2.62. The predicted molar refractivity (Wildman–Crippen MR) is 67.3 cm³/mol. The maximum absolute atomic E-state index is 5.55. The molecule has 1 N–H and O–H groups in total. The number of furan rings is 1. The van der Waals surface area contributed by atoms with Gasteiger partial charge in [-0.2, -0.15) is 0 Å². The summed E-state index contributed by atoms with van der Waals surface area (Å²) in [6, 6.07) is 2.15. The quantitative estimate of drug-likeness (QED) is 0.688. The van der Waals surface area contributed by atoms with E-state index in [1.165, 1.54) is 12.0 Å². The van der Waals surface area contributed by atoms with Crippen molar-refractivity contribution in [1.82, 2.24) is 10.2 Å². The van der Waals surface area contributed by atoms with Crippen LogP contribution in [0.5, 0.6) is 0 Å². The summed E-state index contributed by atoms with van der Waals surface area (Å²) >= 11 is 0. The number of hydrogen-bond acceptors (Lipinski definition) is 3. The van der Waals surface area contributed by atoms with Crippen LogP contribution < -0.4 is 5.32 Å². The molecule has 0 spiro atoms. The van der Waals surface area contributed by atoms with Crippen LogP contribution in [-0.2, 0) is 13.1 Å². The second-order valence-electron chi connectivity index (χ2n) is 4.06. The van der Waals surface area contributed by atoms with Gasteiger partial charge in [-0.15, -0.1) is 0 Å². The standard InChI is InChI=1S/C13H24N2O/c1-4-7-14-9-12-8-13(16-11-12)10-15(5-2)6-3/h8,11,14H,4-7,9-10H2,1-3H3. The molecule has 1 rings (SSSR count). The number of hydrogen-bond donors (Lipinski definition) is 1. The third-order valence-electron chi connectivity index (χ3n) is 2.74. The molecular weight excluding hydrogens is 200 g/mol. The van der Waals surface area contributed by atoms with E-state index in [1.807, 2.05) is 6.26 Å². The molecule has 16 heavy (non-hydrogen) atoms. The molecule has 0 aliphatic carbocycles. The summed E-state index contributed by atoms with van der Waals surface area (Å²) in [6.07, 6.45) is 3.03. The maximum atomic E-state index is 5.55. The van der Waals surface area contributed by atoms with Crippen LogP contribution >= 0.6 is 0 Å². The van der Waals surface area contributed by atoms with Gasteiger partial charge in [0.2, 0.25) is 0 Å². The Morgan fingerprint density at radius 3 is 2.62 bits per heavy atom. The Kier molecular flexibility index (Phi) is 6.19. The van der Waals surface area contributed by atoms with Gasteiger partial charge in [-0.05, 0) is 32.1 Å². The minimum Gasteiger partial charge on any atom is -0.468 e. The Morgan fingerprint density at radius 1 is 1.25 bits per heavy atom. The van der Waals surface area contributed by atoms with E-state index < -0.39 is 0 Å². The van der Waals surface area contributed by atoms with Gasteiger partial charge >= 0.3 is 0 Å². The third kappa shape index (κ3) is 4.37. The summed E-state index contributed by atoms with van der Waals surface area (Å²) in [5.74, 6) is 1.07. The van der Waals surface area contributed by atoms with Crippen LogP contribution in [0.1, 0.15) is 38.5 Å². The van der Waals surface area contributed by atoms with Gasteiger partial charge in [0, 0.05) is 12.1 Å². The lowest BCUT2D eigenvalue weighted by molar-refractivity contribution is 0.269. The first-order valence-electron chi connectivity index (χ1n) is 6.29. The molecule has 0 aliphatic heterocycles. The molecular formula is C13H24N2O. The molecule has 0 aliphatic rings. The minimum atomic E-state index is 0.912. The van der Waals surface area contributed by atoms with Crippen molar-refractivity contribution < 1.29 is 4.42 Å². The van der Waals surface area contributed by atoms with Gasteiger partial charge in [-0.25, -0.2) is 0 Å². The van der Waals surface area contributed by atoms with Crippen molar-refractivity contribution in [3.63, 3.8) is 0 Å². The summed E-state index contributed by atoms with van der Waals surface area (Å²) in [6.45, 7) is 11.6. The Morgan fingerprint density at radius 2 is 2.00 bits per heavy atom. The van der Waals surface area contributed by atoms with Crippen molar-refractivity contribution >= 4 is 0 Å². The molecule has 1 aromatic rings. The molecule has 0 radical (unpaired) electrons. The fraction of sp³-hybridized carbons (Fsp3) is 0.692. The zero-order valence-corrected chi connectivity index (χ0v) is 10.8. The van der Waals surface area contributed by atoms with Crippen LogP contribution in [0.4, 0.5) is 0 Å². The Balaban J connectivity index is 2.38. The van der Waals surface area contributed by atoms with E-state index in [1.54, 1.807) is 0 Å². The first kappa shape index (κ1) is 13.3. The molecule has 0 amide bonds. The molecule has 3 heteroatoms. The van der Waals surface area contributed by atoms with Crippen molar-refractivity contribution in [3.05, 3.63) is 23.7 Å². The lowest BCUT2D eigenvalue weighted by atomic mass is 10.3. The molecule has 1 heterocycles. The van der Waals surface area contributed by atoms with Crippen LogP contribution in [0.3, 0.4) is 0 Å². The maximum Gasteiger partial charge on any atom is 0.118 e. The number of nitrogens with one attached hydrogen (secondary N) is 1. The molecule has 0 unspecified atom stereocenters. The average Bonchev–Trinajstić information content (AvgIpc) is 2.74. The van der Waals surface area contributed by atoms with Crippen molar-refractivity contribution in [3.8, 4) is 0 Å². The highest BCUT2D eigenvalue weighted by Gasteiger charge is 2.05. The van der Waals surface area contributed by atoms with Crippen molar-refractivity contribution in [2.45, 2.75) is 40.3 Å². The number of rotatable bonds is 8. The van der Waals surface area contributed by atoms with Gasteiger partial charge in [0.25, 0.3) is 0 Å². The van der Waals surface area contributed by atoms with E-state index in [-0.39, 0.29) is 0 Å². The lowest BCUT2D eigenvalue weighted by Crippen LogP contribution is -2.21. The summed E-state index contributed by atoms with van der Waals surface area (Å²) in [4.78, 5) is 2.35. The van der Waals surface area contributed by atoms with E-state index in [0.717, 1.165) is 38.5 Å². The van der Waals surface area contributed by atoms with E-state index in [4.69, 9.17) is 4.42 Å². The van der Waals surface area contributed by atoms with Crippen molar-refractivity contribution in [1.29, 1.82) is 0 Å². The van der Waals surface area contributed by atoms with Gasteiger partial charge < -0.3 is 9.73 Å². The summed E-state index contributed by atoms with van der Waals surface area (Å²) < 4.78 is 5.55. The van der Waals surface area contributed by atoms with Crippen LogP contribution in [0, 0.1) is 0 Å². The fourth-order valence-corrected chi connectivity index (χ4v) is 1.68. The molecule has 0 atom stereocenters. The van der Waals surface area contributed by atoms with Crippen LogP contribution in [-0.4, -0.2) is 24.5 Å². The monoisotopic (exact) mass is 224 g/mol. The van der Waals surface area contributed by atoms with Crippen LogP contribution in [0.25, 0.3) is 0 Å². The Bertz CT molecular complexity index is 279. The third-order valence-corrected chi connectivity index (χ3v) is 2.74. The highest BCUT2D eigenvalue weighted by molar-refractivity contribution is 5.12. The summed E-state index contributed by atoms with van der Waals surface area (Å²) in [5.41, 5.74) is 1.25. The molecule has 3 nitrogen and oxygen atoms in total. The smallest absolute Gasteiger partial charge is 0.118 e. The van der Waals surface area contributed by atoms with Gasteiger partial charge in [0.1, 0.15) is 5.76 Å². The van der Waals surface area contributed by atoms with E-state index in [2.05, 4.69) is 37.1 Å². The normalized spacial score (nSPS) is 11.2. The average molecular weight is 224 g/mol. The highest BCUT2D eigenvalue weighted by Crippen LogP contribution is 2.10. The summed E-state index contributed by atoms with van der Waals surface area (Å²) in [7, 11) is 0. The first-order chi connectivity index (χ1) is 7.80. The molecule has 1 aromatic heterocycles. The first-order valence-corrected chi connectivity index (χ1v) is 6.29. The Hall–Kier alpha value is -0.800. The van der Waals surface area contributed by atoms with Gasteiger partial charge in [-0.3, -0.25) is 4.90 Å². The molecule has 0 bridgehead atoms. The fourth-order valence-electron chi connectivity index (χ4n) is 1.68. The van der Waals surface area contributed by atoms with Gasteiger partial charge in [0.05, 0.1) is 12.8 Å². The zero-order chi connectivity index (χ0) is 11.8. The highest BCUT2D eigenvalue weighted by atomic mass is 16.3. The van der Waals surface area contributed by atoms with Crippen LogP contribution in [0.2, 0.25) is 0 Å². The number of nitrogens with zero attached hydrogens (tertiary/aromatic N) is 1. The van der Waals surface area contributed by atoms with Crippen molar-refractivity contribution in [2.24, 2.45) is 0 Å². The topological polar surface area (TPSA) is 28.4 Å². The van der Waals surface area contributed by atoms with Crippen LogP contribution in [0.15, 0.2) is 16.7 Å². The molecule has 0 saturated carbocycles. The second kappa shape index (κ2) is 7.47. The SMILES string of the molecule is CCCNCc1coc(CN(CC)CC)c1. The van der Waals surface area contributed by atoms with E-state index in [9.17, 15) is 0 Å². The molecule has 0 saturated heterocycles. The minimum absolute atomic E-state index is 0.912. The van der Waals surface area contributed by atoms with E-state index >= 15 is 0 Å². The molecule has 92 valence electrons. The molecule has 0 fully saturated rings. The molecule has 0 aromatic carbocycles. The lowest BCUT2D eigenvalue weighted by Gasteiger charge is -2.15. The summed E-state index contributed by atoms with van der Waals surface area (Å²) in [5, 5.41) is 3.37. The van der Waals surface area contributed by atoms with Gasteiger partial charge in [0.15, 0.2) is 0 Å². The van der Waals surface area contributed by atoms with Crippen molar-refractivity contribution in [2.75, 3.05) is 19.6 Å². The zero-order valence-electron chi connectivity index (χ0n) is 10.8. The van der Waals surface area contributed by atoms with Gasteiger partial charge in [-0.1, -0.05) is 20.8 Å². The Labute approximate surface area is 98.8 Å². The second-order valence-corrected chi connectivity index (χ2v) is 4.06. The largest absolute Gasteiger partial charge is 0.468 e. The van der Waals surface area contributed by atoms with E-state index in [0.29, 0.717) is 0 Å².